The van der Waals surface area contributed by atoms with Crippen LogP contribution in [0.3, 0.4) is 0 Å². The van der Waals surface area contributed by atoms with Crippen LogP contribution in [-0.4, -0.2) is 48.7 Å². The predicted molar refractivity (Wildman–Crippen MR) is 99.0 cm³/mol. The van der Waals surface area contributed by atoms with Crippen molar-refractivity contribution in [3.63, 3.8) is 0 Å². The predicted octanol–water partition coefficient (Wildman–Crippen LogP) is 2.09. The van der Waals surface area contributed by atoms with E-state index >= 15 is 0 Å². The maximum atomic E-state index is 12.5. The number of rotatable bonds is 5. The van der Waals surface area contributed by atoms with Gasteiger partial charge in [-0.2, -0.15) is 13.2 Å². The van der Waals surface area contributed by atoms with Crippen molar-refractivity contribution in [2.75, 3.05) is 20.1 Å². The standard InChI is InChI=1S/C20H16F3N3O4/c1-26-18(29)14-7-4-12(10-15(14)19(26)30)17(28)25-9-8-24-16(27)11-2-5-13(6-3-11)20(21,22)23/h2-7,10H,8-9H2,1H3,(H,24,27)(H,25,28). The first-order valence-corrected chi connectivity index (χ1v) is 8.79. The smallest absolute Gasteiger partial charge is 0.350 e. The van der Waals surface area contributed by atoms with Gasteiger partial charge in [0.05, 0.1) is 16.7 Å². The molecular weight excluding hydrogens is 403 g/mol. The number of alkyl halides is 3. The van der Waals surface area contributed by atoms with E-state index in [1.54, 1.807) is 0 Å². The third-order valence-corrected chi connectivity index (χ3v) is 4.52. The number of halogens is 3. The lowest BCUT2D eigenvalue weighted by Gasteiger charge is -2.09. The Labute approximate surface area is 168 Å². The van der Waals surface area contributed by atoms with Gasteiger partial charge in [0.2, 0.25) is 0 Å². The van der Waals surface area contributed by atoms with Crippen LogP contribution < -0.4 is 10.6 Å². The van der Waals surface area contributed by atoms with Crippen LogP contribution in [0.15, 0.2) is 42.5 Å². The molecule has 10 heteroatoms. The molecule has 1 aliphatic heterocycles. The lowest BCUT2D eigenvalue weighted by atomic mass is 10.1. The van der Waals surface area contributed by atoms with Crippen LogP contribution in [0.1, 0.15) is 47.0 Å². The summed E-state index contributed by atoms with van der Waals surface area (Å²) in [6.45, 7) is 0.0891. The average molecular weight is 419 g/mol. The molecule has 0 saturated carbocycles. The molecular formula is C20H16F3N3O4. The zero-order chi connectivity index (χ0) is 22.1. The van der Waals surface area contributed by atoms with Gasteiger partial charge in [0.15, 0.2) is 0 Å². The summed E-state index contributed by atoms with van der Waals surface area (Å²) in [6, 6.07) is 7.91. The van der Waals surface area contributed by atoms with Gasteiger partial charge < -0.3 is 10.6 Å². The molecule has 0 unspecified atom stereocenters. The van der Waals surface area contributed by atoms with Crippen LogP contribution in [0.2, 0.25) is 0 Å². The Morgan fingerprint density at radius 3 is 1.90 bits per heavy atom. The molecule has 2 aromatic carbocycles. The summed E-state index contributed by atoms with van der Waals surface area (Å²) < 4.78 is 37.6. The molecule has 0 atom stereocenters. The summed E-state index contributed by atoms with van der Waals surface area (Å²) in [5.41, 5.74) is -0.250. The largest absolute Gasteiger partial charge is 0.416 e. The summed E-state index contributed by atoms with van der Waals surface area (Å²) in [4.78, 5) is 49.0. The number of carbonyl (C=O) groups is 4. The number of hydrogen-bond donors (Lipinski definition) is 2. The molecule has 30 heavy (non-hydrogen) atoms. The van der Waals surface area contributed by atoms with Crippen molar-refractivity contribution in [2.24, 2.45) is 0 Å². The molecule has 0 bridgehead atoms. The maximum absolute atomic E-state index is 12.5. The van der Waals surface area contributed by atoms with Gasteiger partial charge in [0, 0.05) is 31.3 Å². The normalized spacial score (nSPS) is 13.3. The molecule has 0 aliphatic carbocycles. The third kappa shape index (κ3) is 4.17. The van der Waals surface area contributed by atoms with Crippen molar-refractivity contribution in [2.45, 2.75) is 6.18 Å². The second kappa shape index (κ2) is 7.97. The minimum atomic E-state index is -4.48. The zero-order valence-corrected chi connectivity index (χ0v) is 15.7. The van der Waals surface area contributed by atoms with Gasteiger partial charge in [-0.05, 0) is 42.5 Å². The van der Waals surface area contributed by atoms with Crippen molar-refractivity contribution in [3.8, 4) is 0 Å². The zero-order valence-electron chi connectivity index (χ0n) is 15.7. The quantitative estimate of drug-likeness (QED) is 0.573. The number of nitrogens with one attached hydrogen (secondary N) is 2. The molecule has 3 rings (SSSR count). The summed E-state index contributed by atoms with van der Waals surface area (Å²) in [7, 11) is 1.35. The molecule has 0 spiro atoms. The number of nitrogens with zero attached hydrogens (tertiary/aromatic N) is 1. The number of hydrogen-bond acceptors (Lipinski definition) is 4. The Balaban J connectivity index is 1.51. The molecule has 2 aromatic rings. The van der Waals surface area contributed by atoms with Crippen molar-refractivity contribution in [3.05, 3.63) is 70.3 Å². The second-order valence-corrected chi connectivity index (χ2v) is 6.52. The molecule has 1 aliphatic rings. The van der Waals surface area contributed by atoms with Crippen LogP contribution in [0.4, 0.5) is 13.2 Å². The first-order chi connectivity index (χ1) is 14.1. The summed E-state index contributed by atoms with van der Waals surface area (Å²) in [5.74, 6) is -2.01. The first-order valence-electron chi connectivity index (χ1n) is 8.79. The Morgan fingerprint density at radius 1 is 0.833 bits per heavy atom. The number of amides is 4. The van der Waals surface area contributed by atoms with Gasteiger partial charge in [0.25, 0.3) is 23.6 Å². The van der Waals surface area contributed by atoms with Gasteiger partial charge >= 0.3 is 6.18 Å². The Morgan fingerprint density at radius 2 is 1.33 bits per heavy atom. The van der Waals surface area contributed by atoms with E-state index in [2.05, 4.69) is 10.6 Å². The number of fused-ring (bicyclic) bond motifs is 1. The first kappa shape index (κ1) is 21.0. The summed E-state index contributed by atoms with van der Waals surface area (Å²) in [5, 5.41) is 5.03. The maximum Gasteiger partial charge on any atom is 0.416 e. The van der Waals surface area contributed by atoms with E-state index in [0.717, 1.165) is 29.2 Å². The molecule has 0 fully saturated rings. The lowest BCUT2D eigenvalue weighted by Crippen LogP contribution is -2.34. The molecule has 0 saturated heterocycles. The van der Waals surface area contributed by atoms with E-state index in [4.69, 9.17) is 0 Å². The van der Waals surface area contributed by atoms with Gasteiger partial charge in [-0.3, -0.25) is 24.1 Å². The van der Waals surface area contributed by atoms with Crippen LogP contribution in [-0.2, 0) is 6.18 Å². The Bertz CT molecular complexity index is 1030. The highest BCUT2D eigenvalue weighted by Gasteiger charge is 2.33. The Kier molecular flexibility index (Phi) is 5.59. The highest BCUT2D eigenvalue weighted by atomic mass is 19.4. The van der Waals surface area contributed by atoms with Gasteiger partial charge in [-0.15, -0.1) is 0 Å². The van der Waals surface area contributed by atoms with Crippen molar-refractivity contribution >= 4 is 23.6 Å². The highest BCUT2D eigenvalue weighted by Crippen LogP contribution is 2.29. The highest BCUT2D eigenvalue weighted by molar-refractivity contribution is 6.21. The second-order valence-electron chi connectivity index (χ2n) is 6.52. The minimum Gasteiger partial charge on any atom is -0.350 e. The average Bonchev–Trinajstić information content (AvgIpc) is 2.94. The van der Waals surface area contributed by atoms with Gasteiger partial charge in [0.1, 0.15) is 0 Å². The van der Waals surface area contributed by atoms with E-state index in [1.807, 2.05) is 0 Å². The fraction of sp³-hybridized carbons (Fsp3) is 0.200. The minimum absolute atomic E-state index is 0.0384. The Hall–Kier alpha value is -3.69. The molecule has 4 amide bonds. The third-order valence-electron chi connectivity index (χ3n) is 4.52. The molecule has 156 valence electrons. The number of benzene rings is 2. The summed E-state index contributed by atoms with van der Waals surface area (Å²) in [6.07, 6.45) is -4.48. The van der Waals surface area contributed by atoms with E-state index in [0.29, 0.717) is 0 Å². The molecule has 0 radical (unpaired) electrons. The van der Waals surface area contributed by atoms with Crippen LogP contribution in [0, 0.1) is 0 Å². The van der Waals surface area contributed by atoms with Crippen LogP contribution in [0.5, 0.6) is 0 Å². The number of imide groups is 1. The van der Waals surface area contributed by atoms with Crippen LogP contribution in [0.25, 0.3) is 0 Å². The van der Waals surface area contributed by atoms with Gasteiger partial charge in [-0.25, -0.2) is 0 Å². The number of carbonyl (C=O) groups excluding carboxylic acids is 4. The van der Waals surface area contributed by atoms with E-state index in [9.17, 15) is 32.3 Å². The SMILES string of the molecule is CN1C(=O)c2ccc(C(=O)NCCNC(=O)c3ccc(C(F)(F)F)cc3)cc2C1=O. The van der Waals surface area contributed by atoms with Crippen molar-refractivity contribution in [1.29, 1.82) is 0 Å². The molecule has 7 nitrogen and oxygen atoms in total. The van der Waals surface area contributed by atoms with Crippen molar-refractivity contribution in [1.82, 2.24) is 15.5 Å². The molecule has 1 heterocycles. The topological polar surface area (TPSA) is 95.6 Å². The monoisotopic (exact) mass is 419 g/mol. The van der Waals surface area contributed by atoms with Gasteiger partial charge in [-0.1, -0.05) is 0 Å². The molecule has 2 N–H and O–H groups in total. The fourth-order valence-electron chi connectivity index (χ4n) is 2.87. The molecule has 0 aromatic heterocycles. The van der Waals surface area contributed by atoms with E-state index in [-0.39, 0.29) is 35.3 Å². The lowest BCUT2D eigenvalue weighted by molar-refractivity contribution is -0.137. The van der Waals surface area contributed by atoms with E-state index in [1.165, 1.54) is 25.2 Å². The summed E-state index contributed by atoms with van der Waals surface area (Å²) >= 11 is 0. The van der Waals surface area contributed by atoms with E-state index < -0.39 is 35.4 Å². The van der Waals surface area contributed by atoms with Crippen LogP contribution >= 0.6 is 0 Å². The van der Waals surface area contributed by atoms with Crippen molar-refractivity contribution < 1.29 is 32.3 Å². The fourth-order valence-corrected chi connectivity index (χ4v) is 2.87.